The van der Waals surface area contributed by atoms with Gasteiger partial charge in [-0.1, -0.05) is 24.0 Å². The average Bonchev–Trinajstić information content (AvgIpc) is 2.55. The van der Waals surface area contributed by atoms with Crippen LogP contribution >= 0.6 is 0 Å². The molecule has 0 amide bonds. The lowest BCUT2D eigenvalue weighted by molar-refractivity contribution is 0.387. The van der Waals surface area contributed by atoms with Crippen LogP contribution in [-0.4, -0.2) is 33.9 Å². The second-order valence-electron chi connectivity index (χ2n) is 5.47. The lowest BCUT2D eigenvalue weighted by atomic mass is 9.90. The summed E-state index contributed by atoms with van der Waals surface area (Å²) in [6, 6.07) is 8.83. The number of benzene rings is 1. The highest BCUT2D eigenvalue weighted by Gasteiger charge is 2.24. The number of hydrogen-bond donors (Lipinski definition) is 3. The first-order chi connectivity index (χ1) is 10.7. The number of nitrogens with two attached hydrogens (primary N) is 1. The molecule has 2 heterocycles. The summed E-state index contributed by atoms with van der Waals surface area (Å²) in [5.41, 5.74) is 7.78. The summed E-state index contributed by atoms with van der Waals surface area (Å²) in [4.78, 5) is 0. The van der Waals surface area contributed by atoms with E-state index in [4.69, 9.17) is 5.73 Å². The lowest BCUT2D eigenvalue weighted by Gasteiger charge is -2.28. The van der Waals surface area contributed by atoms with E-state index in [1.54, 1.807) is 30.5 Å². The zero-order valence-electron chi connectivity index (χ0n) is 12.2. The molecule has 22 heavy (non-hydrogen) atoms. The van der Waals surface area contributed by atoms with Gasteiger partial charge in [0.05, 0.1) is 17.3 Å². The molecule has 0 atom stereocenters. The second-order valence-corrected chi connectivity index (χ2v) is 5.47. The van der Waals surface area contributed by atoms with E-state index in [0.29, 0.717) is 11.3 Å². The Morgan fingerprint density at radius 2 is 1.95 bits per heavy atom. The quantitative estimate of drug-likeness (QED) is 0.690. The third-order valence-electron chi connectivity index (χ3n) is 3.82. The predicted molar refractivity (Wildman–Crippen MR) is 85.0 cm³/mol. The van der Waals surface area contributed by atoms with E-state index in [-0.39, 0.29) is 5.75 Å². The minimum Gasteiger partial charge on any atom is -0.507 e. The number of aromatic nitrogens is 2. The van der Waals surface area contributed by atoms with Crippen LogP contribution in [0, 0.1) is 11.8 Å². The molecule has 1 aromatic carbocycles. The van der Waals surface area contributed by atoms with Crippen LogP contribution in [0.15, 0.2) is 36.5 Å². The van der Waals surface area contributed by atoms with Crippen molar-refractivity contribution in [3.63, 3.8) is 0 Å². The number of hydrogen-bond acceptors (Lipinski definition) is 5. The van der Waals surface area contributed by atoms with Crippen molar-refractivity contribution in [2.45, 2.75) is 18.4 Å². The van der Waals surface area contributed by atoms with Gasteiger partial charge in [0.25, 0.3) is 0 Å². The highest BCUT2D eigenvalue weighted by atomic mass is 16.3. The van der Waals surface area contributed by atoms with Crippen molar-refractivity contribution in [2.75, 3.05) is 13.1 Å². The van der Waals surface area contributed by atoms with Gasteiger partial charge in [0.2, 0.25) is 0 Å². The summed E-state index contributed by atoms with van der Waals surface area (Å²) in [6.07, 6.45) is 3.24. The first-order valence-corrected chi connectivity index (χ1v) is 7.31. The van der Waals surface area contributed by atoms with E-state index in [2.05, 4.69) is 27.4 Å². The Kier molecular flexibility index (Phi) is 4.05. The van der Waals surface area contributed by atoms with Gasteiger partial charge in [-0.15, -0.1) is 5.10 Å². The van der Waals surface area contributed by atoms with Crippen LogP contribution in [0.5, 0.6) is 5.75 Å². The molecule has 0 saturated carbocycles. The third kappa shape index (κ3) is 3.08. The smallest absolute Gasteiger partial charge is 0.125 e. The Hall–Kier alpha value is -2.42. The molecule has 3 rings (SSSR count). The van der Waals surface area contributed by atoms with Crippen molar-refractivity contribution in [1.82, 2.24) is 15.5 Å². The van der Waals surface area contributed by atoms with Crippen molar-refractivity contribution in [3.8, 4) is 28.8 Å². The highest BCUT2D eigenvalue weighted by Crippen LogP contribution is 2.28. The summed E-state index contributed by atoms with van der Waals surface area (Å²) in [7, 11) is 0. The van der Waals surface area contributed by atoms with Crippen molar-refractivity contribution in [2.24, 2.45) is 5.73 Å². The Labute approximate surface area is 129 Å². The fourth-order valence-electron chi connectivity index (χ4n) is 2.50. The molecule has 1 aromatic heterocycles. The van der Waals surface area contributed by atoms with Gasteiger partial charge < -0.3 is 16.2 Å². The van der Waals surface area contributed by atoms with Gasteiger partial charge in [-0.2, -0.15) is 5.10 Å². The number of para-hydroxylation sites is 1. The van der Waals surface area contributed by atoms with E-state index in [1.807, 2.05) is 6.07 Å². The first-order valence-electron chi connectivity index (χ1n) is 7.31. The number of phenolic OH excluding ortho intramolecular Hbond substituents is 1. The summed E-state index contributed by atoms with van der Waals surface area (Å²) in [5.74, 6) is 6.48. The molecule has 0 radical (unpaired) electrons. The molecule has 1 aliphatic heterocycles. The van der Waals surface area contributed by atoms with Crippen molar-refractivity contribution in [3.05, 3.63) is 42.1 Å². The SMILES string of the molecule is NC1(C#Cc2ccnnc2-c2ccccc2O)CCNCC1. The molecule has 1 aliphatic rings. The van der Waals surface area contributed by atoms with Crippen molar-refractivity contribution >= 4 is 0 Å². The molecule has 0 aliphatic carbocycles. The number of aromatic hydroxyl groups is 1. The maximum Gasteiger partial charge on any atom is 0.125 e. The van der Waals surface area contributed by atoms with E-state index in [1.165, 1.54) is 0 Å². The van der Waals surface area contributed by atoms with Crippen LogP contribution < -0.4 is 11.1 Å². The van der Waals surface area contributed by atoms with Gasteiger partial charge in [-0.3, -0.25) is 0 Å². The average molecular weight is 294 g/mol. The minimum absolute atomic E-state index is 0.162. The number of nitrogens with zero attached hydrogens (tertiary/aromatic N) is 2. The molecule has 4 N–H and O–H groups in total. The van der Waals surface area contributed by atoms with Crippen LogP contribution in [0.2, 0.25) is 0 Å². The van der Waals surface area contributed by atoms with E-state index >= 15 is 0 Å². The van der Waals surface area contributed by atoms with Crippen molar-refractivity contribution in [1.29, 1.82) is 0 Å². The largest absolute Gasteiger partial charge is 0.507 e. The minimum atomic E-state index is -0.468. The molecular formula is C17H18N4O. The van der Waals surface area contributed by atoms with Gasteiger partial charge in [-0.05, 0) is 44.1 Å². The number of nitrogens with one attached hydrogen (secondary N) is 1. The van der Waals surface area contributed by atoms with E-state index in [9.17, 15) is 5.11 Å². The first kappa shape index (κ1) is 14.5. The summed E-state index contributed by atoms with van der Waals surface area (Å²) in [5, 5.41) is 21.3. The highest BCUT2D eigenvalue weighted by molar-refractivity contribution is 5.72. The van der Waals surface area contributed by atoms with E-state index in [0.717, 1.165) is 31.5 Å². The van der Waals surface area contributed by atoms with Gasteiger partial charge in [0, 0.05) is 5.56 Å². The monoisotopic (exact) mass is 294 g/mol. The zero-order valence-corrected chi connectivity index (χ0v) is 12.2. The molecule has 0 unspecified atom stereocenters. The third-order valence-corrected chi connectivity index (χ3v) is 3.82. The summed E-state index contributed by atoms with van der Waals surface area (Å²) < 4.78 is 0. The van der Waals surface area contributed by atoms with Gasteiger partial charge in [-0.25, -0.2) is 0 Å². The lowest BCUT2D eigenvalue weighted by Crippen LogP contribution is -2.47. The summed E-state index contributed by atoms with van der Waals surface area (Å²) in [6.45, 7) is 1.76. The van der Waals surface area contributed by atoms with Crippen LogP contribution in [0.4, 0.5) is 0 Å². The number of phenols is 1. The Bertz CT molecular complexity index is 727. The molecule has 0 bridgehead atoms. The number of rotatable bonds is 1. The van der Waals surface area contributed by atoms with Gasteiger partial charge in [0.15, 0.2) is 0 Å². The van der Waals surface area contributed by atoms with Crippen LogP contribution in [0.1, 0.15) is 18.4 Å². The van der Waals surface area contributed by atoms with Crippen LogP contribution in [-0.2, 0) is 0 Å². The van der Waals surface area contributed by atoms with Gasteiger partial charge in [0.1, 0.15) is 11.4 Å². The normalized spacial score (nSPS) is 16.6. The molecule has 2 aromatic rings. The molecule has 5 nitrogen and oxygen atoms in total. The second kappa shape index (κ2) is 6.14. The standard InChI is InChI=1S/C17H18N4O/c18-17(8-11-19-12-9-17)7-5-13-6-10-20-21-16(13)14-3-1-2-4-15(14)22/h1-4,6,10,19,22H,8-9,11-12,18H2. The molecule has 1 saturated heterocycles. The fourth-order valence-corrected chi connectivity index (χ4v) is 2.50. The maximum atomic E-state index is 10.0. The maximum absolute atomic E-state index is 10.0. The molecular weight excluding hydrogens is 276 g/mol. The van der Waals surface area contributed by atoms with Crippen LogP contribution in [0.25, 0.3) is 11.3 Å². The Balaban J connectivity index is 1.98. The zero-order chi connectivity index (χ0) is 15.4. The molecule has 5 heteroatoms. The predicted octanol–water partition coefficient (Wildman–Crippen LogP) is 1.28. The van der Waals surface area contributed by atoms with Gasteiger partial charge >= 0.3 is 0 Å². The van der Waals surface area contributed by atoms with Crippen LogP contribution in [0.3, 0.4) is 0 Å². The molecule has 0 spiro atoms. The number of piperidine rings is 1. The van der Waals surface area contributed by atoms with Crippen molar-refractivity contribution < 1.29 is 5.11 Å². The molecule has 1 fully saturated rings. The molecule has 112 valence electrons. The Morgan fingerprint density at radius 3 is 2.73 bits per heavy atom. The fraction of sp³-hybridized carbons (Fsp3) is 0.294. The summed E-state index contributed by atoms with van der Waals surface area (Å²) >= 11 is 0. The Morgan fingerprint density at radius 1 is 1.18 bits per heavy atom. The van der Waals surface area contributed by atoms with E-state index < -0.39 is 5.54 Å². The topological polar surface area (TPSA) is 84.1 Å².